The van der Waals surface area contributed by atoms with E-state index in [-0.39, 0.29) is 0 Å². The second-order valence-corrected chi connectivity index (χ2v) is 9.78. The van der Waals surface area contributed by atoms with Gasteiger partial charge >= 0.3 is 17.2 Å². The van der Waals surface area contributed by atoms with Crippen molar-refractivity contribution in [3.8, 4) is 5.75 Å². The molecule has 0 bridgehead atoms. The smallest absolute Gasteiger partial charge is 0.445 e. The van der Waals surface area contributed by atoms with Crippen molar-refractivity contribution >= 4 is 34.3 Å². The van der Waals surface area contributed by atoms with Crippen molar-refractivity contribution in [3.63, 3.8) is 0 Å². The van der Waals surface area contributed by atoms with Crippen LogP contribution in [-0.2, 0) is 14.4 Å². The van der Waals surface area contributed by atoms with Gasteiger partial charge in [-0.15, -0.1) is 0 Å². The summed E-state index contributed by atoms with van der Waals surface area (Å²) in [4.78, 5) is 1.27. The minimum atomic E-state index is -6.30. The molecule has 13 heteroatoms. The summed E-state index contributed by atoms with van der Waals surface area (Å²) in [5.74, 6) is -13.0. The average molecular weight is 565 g/mol. The van der Waals surface area contributed by atoms with Crippen molar-refractivity contribution in [3.05, 3.63) is 119 Å². The van der Waals surface area contributed by atoms with E-state index in [1.165, 1.54) is 0 Å². The second kappa shape index (κ2) is 11.3. The highest BCUT2D eigenvalue weighted by molar-refractivity contribution is 7.99. The van der Waals surface area contributed by atoms with E-state index in [0.29, 0.717) is 20.6 Å². The largest absolute Gasteiger partial charge is 0.515 e. The van der Waals surface area contributed by atoms with Crippen molar-refractivity contribution in [2.45, 2.75) is 9.79 Å². The summed E-state index contributed by atoms with van der Waals surface area (Å²) < 4.78 is 117. The lowest BCUT2D eigenvalue weighted by Crippen LogP contribution is -2.41. The summed E-state index contributed by atoms with van der Waals surface area (Å²) in [5, 5.41) is 0.610. The van der Waals surface area contributed by atoms with E-state index < -0.39 is 51.7 Å². The van der Waals surface area contributed by atoms with Gasteiger partial charge in [0.15, 0.2) is 23.2 Å². The Hall–Kier alpha value is -3.38. The Morgan fingerprint density at radius 3 is 1.35 bits per heavy atom. The van der Waals surface area contributed by atoms with Crippen molar-refractivity contribution in [2.24, 2.45) is 0 Å². The standard InChI is InChI=1S/C18H14ClO2S.C6BF8/c19-15-11-13-16(14-12-15)21-22(20,17-7-3-1-4-8-17)18-9-5-2-6-10-18;8-2-1(7(13,14)15)3(9)5(11)6(12)4(2)10/h1-14H;/q+1;-1. The van der Waals surface area contributed by atoms with Crippen LogP contribution in [0.15, 0.2) is 94.7 Å². The third-order valence-electron chi connectivity index (χ3n) is 4.71. The van der Waals surface area contributed by atoms with E-state index in [9.17, 15) is 39.1 Å². The molecule has 4 rings (SSSR count). The van der Waals surface area contributed by atoms with Crippen LogP contribution in [0, 0.1) is 29.1 Å². The van der Waals surface area contributed by atoms with Gasteiger partial charge in [0.25, 0.3) is 0 Å². The molecule has 0 saturated carbocycles. The Morgan fingerprint density at radius 2 is 0.973 bits per heavy atom. The highest BCUT2D eigenvalue weighted by atomic mass is 35.5. The number of hydrogen-bond donors (Lipinski definition) is 0. The van der Waals surface area contributed by atoms with Crippen LogP contribution < -0.4 is 9.65 Å². The van der Waals surface area contributed by atoms with Crippen LogP contribution in [0.5, 0.6) is 5.75 Å². The zero-order chi connectivity index (χ0) is 27.4. The van der Waals surface area contributed by atoms with Crippen LogP contribution in [0.2, 0.25) is 5.02 Å². The summed E-state index contributed by atoms with van der Waals surface area (Å²) in [7, 11) is -2.86. The van der Waals surface area contributed by atoms with E-state index >= 15 is 0 Å². The molecule has 2 nitrogen and oxygen atoms in total. The lowest BCUT2D eigenvalue weighted by Gasteiger charge is -2.17. The van der Waals surface area contributed by atoms with Crippen LogP contribution in [0.4, 0.5) is 34.9 Å². The minimum Gasteiger partial charge on any atom is -0.445 e. The Kier molecular flexibility index (Phi) is 8.65. The highest BCUT2D eigenvalue weighted by Gasteiger charge is 2.39. The van der Waals surface area contributed by atoms with Gasteiger partial charge in [-0.3, -0.25) is 4.18 Å². The molecule has 0 aliphatic rings. The van der Waals surface area contributed by atoms with Crippen LogP contribution >= 0.6 is 11.6 Å². The highest BCUT2D eigenvalue weighted by Crippen LogP contribution is 2.32. The molecular formula is C24H14BClF8O2S. The molecule has 0 atom stereocenters. The summed E-state index contributed by atoms with van der Waals surface area (Å²) in [5.41, 5.74) is -2.73. The normalized spacial score (nSPS) is 11.5. The molecule has 0 spiro atoms. The first-order valence-corrected chi connectivity index (χ1v) is 12.0. The molecule has 0 unspecified atom stereocenters. The lowest BCUT2D eigenvalue weighted by atomic mass is 9.79. The Bertz CT molecular complexity index is 1350. The number of benzene rings is 4. The minimum absolute atomic E-state index is 0.516. The molecular weight excluding hydrogens is 551 g/mol. The summed E-state index contributed by atoms with van der Waals surface area (Å²) >= 11 is 5.89. The maximum absolute atomic E-state index is 13.6. The predicted molar refractivity (Wildman–Crippen MR) is 124 cm³/mol. The van der Waals surface area contributed by atoms with E-state index in [1.807, 2.05) is 60.7 Å². The fourth-order valence-corrected chi connectivity index (χ4v) is 4.97. The van der Waals surface area contributed by atoms with Crippen molar-refractivity contribution in [1.82, 2.24) is 0 Å². The van der Waals surface area contributed by atoms with Gasteiger partial charge in [0.05, 0.1) is 0 Å². The van der Waals surface area contributed by atoms with Gasteiger partial charge in [0.2, 0.25) is 9.79 Å². The monoisotopic (exact) mass is 564 g/mol. The maximum atomic E-state index is 13.6. The maximum Gasteiger partial charge on any atom is 0.515 e. The molecule has 0 N–H and O–H groups in total. The molecule has 4 aromatic rings. The molecule has 37 heavy (non-hydrogen) atoms. The zero-order valence-corrected chi connectivity index (χ0v) is 19.9. The second-order valence-electron chi connectivity index (χ2n) is 7.23. The number of rotatable bonds is 5. The Labute approximate surface area is 212 Å². The van der Waals surface area contributed by atoms with Crippen molar-refractivity contribution in [2.75, 3.05) is 0 Å². The SMILES string of the molecule is Fc1c(F)c(F)c([B-](F)(F)F)c(F)c1F.O=[S+](Oc1ccc(Cl)cc1)(c1ccccc1)c1ccccc1. The molecule has 0 amide bonds. The molecule has 0 saturated heterocycles. The molecule has 0 heterocycles. The first-order valence-electron chi connectivity index (χ1n) is 10.2. The Balaban J connectivity index is 0.000000222. The summed E-state index contributed by atoms with van der Waals surface area (Å²) in [6.07, 6.45) is 0. The van der Waals surface area contributed by atoms with Gasteiger partial charge in [-0.25, -0.2) is 22.0 Å². The quantitative estimate of drug-likeness (QED) is 0.0817. The lowest BCUT2D eigenvalue weighted by molar-refractivity contribution is 0.377. The van der Waals surface area contributed by atoms with Gasteiger partial charge in [0, 0.05) is 5.02 Å². The van der Waals surface area contributed by atoms with Gasteiger partial charge in [-0.05, 0) is 58.2 Å². The van der Waals surface area contributed by atoms with Gasteiger partial charge in [0.1, 0.15) is 11.6 Å². The first kappa shape index (κ1) is 28.2. The van der Waals surface area contributed by atoms with Crippen LogP contribution in [0.3, 0.4) is 0 Å². The summed E-state index contributed by atoms with van der Waals surface area (Å²) in [6.45, 7) is -6.30. The molecule has 194 valence electrons. The van der Waals surface area contributed by atoms with E-state index in [2.05, 4.69) is 0 Å². The van der Waals surface area contributed by atoms with Crippen LogP contribution in [0.25, 0.3) is 0 Å². The number of hydrogen-bond acceptors (Lipinski definition) is 2. The predicted octanol–water partition coefficient (Wildman–Crippen LogP) is 7.69. The van der Waals surface area contributed by atoms with Gasteiger partial charge < -0.3 is 12.9 Å². The molecule has 0 aromatic heterocycles. The molecule has 0 fully saturated rings. The molecule has 0 radical (unpaired) electrons. The van der Waals surface area contributed by atoms with E-state index in [0.717, 1.165) is 0 Å². The average Bonchev–Trinajstić information content (AvgIpc) is 2.88. The fourth-order valence-electron chi connectivity index (χ4n) is 2.97. The van der Waals surface area contributed by atoms with Crippen molar-refractivity contribution < 1.29 is 43.3 Å². The third-order valence-corrected chi connectivity index (χ3v) is 7.17. The van der Waals surface area contributed by atoms with Crippen molar-refractivity contribution in [1.29, 1.82) is 0 Å². The Morgan fingerprint density at radius 1 is 0.595 bits per heavy atom. The van der Waals surface area contributed by atoms with E-state index in [4.69, 9.17) is 15.8 Å². The van der Waals surface area contributed by atoms with E-state index in [1.54, 1.807) is 24.3 Å². The molecule has 0 aliphatic heterocycles. The molecule has 0 aliphatic carbocycles. The third kappa shape index (κ3) is 6.31. The zero-order valence-electron chi connectivity index (χ0n) is 18.3. The first-order chi connectivity index (χ1) is 17.4. The summed E-state index contributed by atoms with van der Waals surface area (Å²) in [6, 6.07) is 25.3. The topological polar surface area (TPSA) is 26.3 Å². The van der Waals surface area contributed by atoms with Gasteiger partial charge in [-0.1, -0.05) is 48.0 Å². The van der Waals surface area contributed by atoms with Crippen LogP contribution in [-0.4, -0.2) is 6.98 Å². The van der Waals surface area contributed by atoms with Gasteiger partial charge in [-0.2, -0.15) is 0 Å². The fraction of sp³-hybridized carbons (Fsp3) is 0. The van der Waals surface area contributed by atoms with Crippen LogP contribution in [0.1, 0.15) is 0 Å². The molecule has 4 aromatic carbocycles. The number of halogens is 9.